The molecule has 0 unspecified atom stereocenters. The molecule has 0 atom stereocenters. The fourth-order valence-electron chi connectivity index (χ4n) is 1.77. The van der Waals surface area contributed by atoms with E-state index in [0.717, 1.165) is 10.6 Å². The molecule has 0 saturated heterocycles. The summed E-state index contributed by atoms with van der Waals surface area (Å²) in [6, 6.07) is 6.96. The molecule has 0 saturated carbocycles. The SMILES string of the molecule is COc1ccccc1NC(=O)CN(CCN(C)C)S(C)(=O)=O. The Kier molecular flexibility index (Phi) is 6.79. The number of likely N-dealkylation sites (N-methyl/N-ethyl adjacent to an activating group) is 1. The van der Waals surface area contributed by atoms with E-state index in [-0.39, 0.29) is 13.1 Å². The number of nitrogens with one attached hydrogen (secondary N) is 1. The Hall–Kier alpha value is -1.64. The van der Waals surface area contributed by atoms with Crippen LogP contribution in [0.2, 0.25) is 0 Å². The molecule has 7 nitrogen and oxygen atoms in total. The number of anilines is 1. The van der Waals surface area contributed by atoms with Gasteiger partial charge >= 0.3 is 0 Å². The van der Waals surface area contributed by atoms with Gasteiger partial charge in [0.25, 0.3) is 0 Å². The third-order valence-electron chi connectivity index (χ3n) is 2.97. The summed E-state index contributed by atoms with van der Waals surface area (Å²) in [7, 11) is 1.74. The number of para-hydroxylation sites is 2. The van der Waals surface area contributed by atoms with Crippen LogP contribution in [0.1, 0.15) is 0 Å². The molecule has 0 aliphatic carbocycles. The summed E-state index contributed by atoms with van der Waals surface area (Å²) in [5.41, 5.74) is 0.510. The largest absolute Gasteiger partial charge is 0.495 e. The van der Waals surface area contributed by atoms with Gasteiger partial charge < -0.3 is 15.0 Å². The zero-order valence-electron chi connectivity index (χ0n) is 13.4. The van der Waals surface area contributed by atoms with Crippen molar-refractivity contribution in [2.75, 3.05) is 52.4 Å². The van der Waals surface area contributed by atoms with E-state index in [9.17, 15) is 13.2 Å². The summed E-state index contributed by atoms with van der Waals surface area (Å²) in [5.74, 6) is 0.115. The van der Waals surface area contributed by atoms with Crippen LogP contribution in [0.15, 0.2) is 24.3 Å². The van der Waals surface area contributed by atoms with Crippen molar-refractivity contribution in [3.8, 4) is 5.75 Å². The van der Waals surface area contributed by atoms with Crippen molar-refractivity contribution in [3.05, 3.63) is 24.3 Å². The van der Waals surface area contributed by atoms with E-state index < -0.39 is 15.9 Å². The second kappa shape index (κ2) is 8.11. The van der Waals surface area contributed by atoms with E-state index in [1.165, 1.54) is 7.11 Å². The number of carbonyl (C=O) groups excluding carboxylic acids is 1. The number of benzene rings is 1. The molecule has 22 heavy (non-hydrogen) atoms. The summed E-state index contributed by atoms with van der Waals surface area (Å²) < 4.78 is 29.8. The van der Waals surface area contributed by atoms with Crippen LogP contribution in [-0.4, -0.2) is 70.6 Å². The Morgan fingerprint density at radius 1 is 1.23 bits per heavy atom. The van der Waals surface area contributed by atoms with Crippen LogP contribution < -0.4 is 10.1 Å². The van der Waals surface area contributed by atoms with Gasteiger partial charge in [0, 0.05) is 13.1 Å². The summed E-state index contributed by atoms with van der Waals surface area (Å²) in [4.78, 5) is 14.0. The first-order valence-electron chi connectivity index (χ1n) is 6.76. The topological polar surface area (TPSA) is 79.0 Å². The second-order valence-electron chi connectivity index (χ2n) is 5.15. The summed E-state index contributed by atoms with van der Waals surface area (Å²) in [5, 5.41) is 2.67. The van der Waals surface area contributed by atoms with Crippen molar-refractivity contribution in [1.29, 1.82) is 0 Å². The van der Waals surface area contributed by atoms with Crippen molar-refractivity contribution in [1.82, 2.24) is 9.21 Å². The van der Waals surface area contributed by atoms with Crippen LogP contribution in [0.25, 0.3) is 0 Å². The number of sulfonamides is 1. The molecule has 1 aromatic rings. The van der Waals surface area contributed by atoms with E-state index in [1.807, 2.05) is 19.0 Å². The van der Waals surface area contributed by atoms with Gasteiger partial charge in [-0.1, -0.05) is 12.1 Å². The fourth-order valence-corrected chi connectivity index (χ4v) is 2.54. The number of carbonyl (C=O) groups is 1. The van der Waals surface area contributed by atoms with Crippen molar-refractivity contribution in [3.63, 3.8) is 0 Å². The Labute approximate surface area is 131 Å². The van der Waals surface area contributed by atoms with Crippen LogP contribution in [-0.2, 0) is 14.8 Å². The average Bonchev–Trinajstić information content (AvgIpc) is 2.42. The minimum absolute atomic E-state index is 0.231. The van der Waals surface area contributed by atoms with E-state index >= 15 is 0 Å². The van der Waals surface area contributed by atoms with Gasteiger partial charge in [-0.15, -0.1) is 0 Å². The Bertz CT molecular complexity index is 602. The average molecular weight is 329 g/mol. The summed E-state index contributed by atoms with van der Waals surface area (Å²) in [6.45, 7) is 0.560. The molecule has 8 heteroatoms. The molecular weight excluding hydrogens is 306 g/mol. The molecule has 1 aromatic carbocycles. The van der Waals surface area contributed by atoms with Gasteiger partial charge in [-0.25, -0.2) is 8.42 Å². The zero-order chi connectivity index (χ0) is 16.8. The highest BCUT2D eigenvalue weighted by atomic mass is 32.2. The van der Waals surface area contributed by atoms with Crippen LogP contribution in [0.4, 0.5) is 5.69 Å². The predicted molar refractivity (Wildman–Crippen MR) is 86.6 cm³/mol. The van der Waals surface area contributed by atoms with Gasteiger partial charge in [0.05, 0.1) is 25.6 Å². The van der Waals surface area contributed by atoms with E-state index in [1.54, 1.807) is 24.3 Å². The maximum absolute atomic E-state index is 12.1. The molecule has 0 heterocycles. The first-order chi connectivity index (χ1) is 10.2. The number of ether oxygens (including phenoxy) is 1. The smallest absolute Gasteiger partial charge is 0.239 e. The number of rotatable bonds is 8. The summed E-state index contributed by atoms with van der Waals surface area (Å²) in [6.07, 6.45) is 1.10. The fraction of sp³-hybridized carbons (Fsp3) is 0.500. The molecule has 0 aliphatic rings. The van der Waals surface area contributed by atoms with Gasteiger partial charge in [-0.2, -0.15) is 4.31 Å². The molecular formula is C14H23N3O4S. The predicted octanol–water partition coefficient (Wildman–Crippen LogP) is 0.457. The second-order valence-corrected chi connectivity index (χ2v) is 7.13. The lowest BCUT2D eigenvalue weighted by molar-refractivity contribution is -0.116. The molecule has 1 N–H and O–H groups in total. The van der Waals surface area contributed by atoms with Gasteiger partial charge in [-0.3, -0.25) is 4.79 Å². The van der Waals surface area contributed by atoms with Crippen LogP contribution in [0, 0.1) is 0 Å². The van der Waals surface area contributed by atoms with E-state index in [2.05, 4.69) is 5.32 Å². The normalized spacial score (nSPS) is 11.7. The number of amides is 1. The highest BCUT2D eigenvalue weighted by Crippen LogP contribution is 2.22. The third kappa shape index (κ3) is 6.00. The van der Waals surface area contributed by atoms with Crippen molar-refractivity contribution < 1.29 is 17.9 Å². The molecule has 0 fully saturated rings. The number of nitrogens with zero attached hydrogens (tertiary/aromatic N) is 2. The monoisotopic (exact) mass is 329 g/mol. The molecule has 0 radical (unpaired) electrons. The Balaban J connectivity index is 2.75. The molecule has 124 valence electrons. The van der Waals surface area contributed by atoms with Gasteiger partial charge in [0.2, 0.25) is 15.9 Å². The molecule has 0 aromatic heterocycles. The maximum Gasteiger partial charge on any atom is 0.239 e. The number of methoxy groups -OCH3 is 1. The summed E-state index contributed by atoms with van der Waals surface area (Å²) >= 11 is 0. The molecule has 0 spiro atoms. The van der Waals surface area contributed by atoms with Crippen LogP contribution in [0.3, 0.4) is 0 Å². The molecule has 1 amide bonds. The quantitative estimate of drug-likeness (QED) is 0.749. The van der Waals surface area contributed by atoms with Crippen molar-refractivity contribution in [2.45, 2.75) is 0 Å². The lowest BCUT2D eigenvalue weighted by atomic mass is 10.3. The van der Waals surface area contributed by atoms with Gasteiger partial charge in [-0.05, 0) is 26.2 Å². The van der Waals surface area contributed by atoms with Crippen molar-refractivity contribution >= 4 is 21.6 Å². The Morgan fingerprint density at radius 3 is 2.41 bits per heavy atom. The van der Waals surface area contributed by atoms with Crippen molar-refractivity contribution in [2.24, 2.45) is 0 Å². The van der Waals surface area contributed by atoms with E-state index in [4.69, 9.17) is 4.74 Å². The maximum atomic E-state index is 12.1. The minimum atomic E-state index is -3.45. The zero-order valence-corrected chi connectivity index (χ0v) is 14.2. The first kappa shape index (κ1) is 18.4. The van der Waals surface area contributed by atoms with Crippen LogP contribution in [0.5, 0.6) is 5.75 Å². The molecule has 0 aliphatic heterocycles. The van der Waals surface area contributed by atoms with Gasteiger partial charge in [0.1, 0.15) is 5.75 Å². The number of hydrogen-bond donors (Lipinski definition) is 1. The molecule has 0 bridgehead atoms. The van der Waals surface area contributed by atoms with E-state index in [0.29, 0.717) is 18.0 Å². The standard InChI is InChI=1S/C14H23N3O4S/c1-16(2)9-10-17(22(4,19)20)11-14(18)15-12-7-5-6-8-13(12)21-3/h5-8H,9-11H2,1-4H3,(H,15,18). The highest BCUT2D eigenvalue weighted by Gasteiger charge is 2.20. The lowest BCUT2D eigenvalue weighted by Gasteiger charge is -2.21. The van der Waals surface area contributed by atoms with Gasteiger partial charge in [0.15, 0.2) is 0 Å². The molecule has 1 rings (SSSR count). The number of hydrogen-bond acceptors (Lipinski definition) is 5. The Morgan fingerprint density at radius 2 is 1.86 bits per heavy atom. The lowest BCUT2D eigenvalue weighted by Crippen LogP contribution is -2.41. The first-order valence-corrected chi connectivity index (χ1v) is 8.61. The third-order valence-corrected chi connectivity index (χ3v) is 4.22. The minimum Gasteiger partial charge on any atom is -0.495 e. The highest BCUT2D eigenvalue weighted by molar-refractivity contribution is 7.88. The van der Waals surface area contributed by atoms with Crippen LogP contribution >= 0.6 is 0 Å².